The summed E-state index contributed by atoms with van der Waals surface area (Å²) in [4.78, 5) is 5.08. The second-order valence-electron chi connectivity index (χ2n) is 6.44. The second kappa shape index (κ2) is 6.91. The van der Waals surface area contributed by atoms with Crippen LogP contribution in [0.1, 0.15) is 44.1 Å². The van der Waals surface area contributed by atoms with Gasteiger partial charge in [-0.15, -0.1) is 0 Å². The van der Waals surface area contributed by atoms with Crippen molar-refractivity contribution in [1.29, 1.82) is 0 Å². The highest BCUT2D eigenvalue weighted by molar-refractivity contribution is 5.25. The second-order valence-corrected chi connectivity index (χ2v) is 6.44. The van der Waals surface area contributed by atoms with Gasteiger partial charge in [0.15, 0.2) is 0 Å². The maximum absolute atomic E-state index is 10.5. The van der Waals surface area contributed by atoms with Crippen molar-refractivity contribution >= 4 is 0 Å². The van der Waals surface area contributed by atoms with Crippen molar-refractivity contribution in [2.24, 2.45) is 0 Å². The van der Waals surface area contributed by atoms with E-state index in [-0.39, 0.29) is 12.3 Å². The molecule has 116 valence electrons. The molecule has 0 aliphatic carbocycles. The van der Waals surface area contributed by atoms with Gasteiger partial charge >= 0.3 is 0 Å². The van der Waals surface area contributed by atoms with E-state index in [1.807, 2.05) is 0 Å². The van der Waals surface area contributed by atoms with E-state index in [0.29, 0.717) is 0 Å². The molecule has 0 amide bonds. The quantitative estimate of drug-likeness (QED) is 0.923. The van der Waals surface area contributed by atoms with Crippen molar-refractivity contribution < 1.29 is 5.11 Å². The molecular formula is C18H28N2O. The molecule has 0 radical (unpaired) electrons. The number of hydrogen-bond acceptors (Lipinski definition) is 3. The fraction of sp³-hybridized carbons (Fsp3) is 0.667. The molecule has 3 nitrogen and oxygen atoms in total. The molecule has 21 heavy (non-hydrogen) atoms. The molecule has 2 saturated heterocycles. The molecule has 0 spiro atoms. The number of aliphatic hydroxyl groups excluding tert-OH is 1. The van der Waals surface area contributed by atoms with Gasteiger partial charge in [0.05, 0.1) is 6.61 Å². The van der Waals surface area contributed by atoms with Crippen LogP contribution in [0, 0.1) is 0 Å². The Balaban J connectivity index is 1.98. The van der Waals surface area contributed by atoms with Crippen LogP contribution in [0.2, 0.25) is 0 Å². The van der Waals surface area contributed by atoms with Gasteiger partial charge in [0.25, 0.3) is 0 Å². The van der Waals surface area contributed by atoms with Gasteiger partial charge in [0, 0.05) is 26.2 Å². The molecule has 0 unspecified atom stereocenters. The fourth-order valence-corrected chi connectivity index (χ4v) is 4.09. The van der Waals surface area contributed by atoms with E-state index in [1.54, 1.807) is 0 Å². The summed E-state index contributed by atoms with van der Waals surface area (Å²) >= 11 is 0. The van der Waals surface area contributed by atoms with E-state index in [4.69, 9.17) is 0 Å². The highest BCUT2D eigenvalue weighted by atomic mass is 16.3. The standard InChI is InChI=1S/C18H28N2O/c21-16-18(17-10-4-1-5-11-17,19-12-6-2-7-13-19)20-14-8-3-9-15-20/h1,4-5,10-11,21H,2-3,6-9,12-16H2. The van der Waals surface area contributed by atoms with E-state index in [2.05, 4.69) is 40.1 Å². The summed E-state index contributed by atoms with van der Waals surface area (Å²) in [5.74, 6) is 0. The number of rotatable bonds is 4. The molecule has 2 aliphatic heterocycles. The number of hydrogen-bond donors (Lipinski definition) is 1. The number of aliphatic hydroxyl groups is 1. The average molecular weight is 288 g/mol. The Bertz CT molecular complexity index is 404. The van der Waals surface area contributed by atoms with Crippen molar-refractivity contribution in [2.45, 2.75) is 44.2 Å². The molecular weight excluding hydrogens is 260 g/mol. The molecule has 0 bridgehead atoms. The van der Waals surface area contributed by atoms with E-state index >= 15 is 0 Å². The summed E-state index contributed by atoms with van der Waals surface area (Å²) in [5, 5.41) is 10.5. The van der Waals surface area contributed by atoms with Crippen LogP contribution in [-0.2, 0) is 5.66 Å². The minimum atomic E-state index is -0.303. The first-order valence-electron chi connectivity index (χ1n) is 8.54. The van der Waals surface area contributed by atoms with Crippen LogP contribution in [0.15, 0.2) is 30.3 Å². The van der Waals surface area contributed by atoms with Crippen molar-refractivity contribution in [3.05, 3.63) is 35.9 Å². The Morgan fingerprint density at radius 2 is 1.24 bits per heavy atom. The normalized spacial score (nSPS) is 22.3. The van der Waals surface area contributed by atoms with Gasteiger partial charge in [-0.25, -0.2) is 0 Å². The number of likely N-dealkylation sites (tertiary alicyclic amines) is 2. The van der Waals surface area contributed by atoms with Gasteiger partial charge in [-0.1, -0.05) is 43.2 Å². The van der Waals surface area contributed by atoms with Gasteiger partial charge in [-0.05, 0) is 31.2 Å². The van der Waals surface area contributed by atoms with Gasteiger partial charge in [-0.2, -0.15) is 0 Å². The van der Waals surface area contributed by atoms with Gasteiger partial charge < -0.3 is 5.11 Å². The van der Waals surface area contributed by atoms with Gasteiger partial charge in [-0.3, -0.25) is 9.80 Å². The Kier molecular flexibility index (Phi) is 4.94. The summed E-state index contributed by atoms with van der Waals surface area (Å²) < 4.78 is 0. The first kappa shape index (κ1) is 15.0. The number of nitrogens with zero attached hydrogens (tertiary/aromatic N) is 2. The van der Waals surface area contributed by atoms with Crippen LogP contribution in [0.4, 0.5) is 0 Å². The van der Waals surface area contributed by atoms with Crippen molar-refractivity contribution in [3.8, 4) is 0 Å². The predicted octanol–water partition coefficient (Wildman–Crippen LogP) is 2.80. The molecule has 0 saturated carbocycles. The van der Waals surface area contributed by atoms with Gasteiger partial charge in [0.1, 0.15) is 5.66 Å². The molecule has 2 heterocycles. The third kappa shape index (κ3) is 2.87. The van der Waals surface area contributed by atoms with E-state index < -0.39 is 0 Å². The van der Waals surface area contributed by atoms with Crippen molar-refractivity contribution in [3.63, 3.8) is 0 Å². The molecule has 1 aromatic carbocycles. The topological polar surface area (TPSA) is 26.7 Å². The summed E-state index contributed by atoms with van der Waals surface area (Å²) in [7, 11) is 0. The van der Waals surface area contributed by atoms with E-state index in [1.165, 1.54) is 44.1 Å². The summed E-state index contributed by atoms with van der Waals surface area (Å²) in [6.45, 7) is 4.60. The zero-order valence-corrected chi connectivity index (χ0v) is 13.0. The van der Waals surface area contributed by atoms with Crippen molar-refractivity contribution in [1.82, 2.24) is 9.80 Å². The van der Waals surface area contributed by atoms with Crippen LogP contribution >= 0.6 is 0 Å². The third-order valence-electron chi connectivity index (χ3n) is 5.21. The highest BCUT2D eigenvalue weighted by Gasteiger charge is 2.43. The number of benzene rings is 1. The lowest BCUT2D eigenvalue weighted by Crippen LogP contribution is -2.62. The summed E-state index contributed by atoms with van der Waals surface area (Å²) in [5.41, 5.74) is 0.957. The van der Waals surface area contributed by atoms with Gasteiger partial charge in [0.2, 0.25) is 0 Å². The van der Waals surface area contributed by atoms with Crippen molar-refractivity contribution in [2.75, 3.05) is 32.8 Å². The molecule has 1 aromatic rings. The lowest BCUT2D eigenvalue weighted by molar-refractivity contribution is -0.114. The lowest BCUT2D eigenvalue weighted by atomic mass is 9.91. The van der Waals surface area contributed by atoms with Crippen LogP contribution in [0.25, 0.3) is 0 Å². The summed E-state index contributed by atoms with van der Waals surface area (Å²) in [6.07, 6.45) is 7.66. The molecule has 3 heteroatoms. The van der Waals surface area contributed by atoms with E-state index in [9.17, 15) is 5.11 Å². The van der Waals surface area contributed by atoms with E-state index in [0.717, 1.165) is 26.2 Å². The maximum atomic E-state index is 10.5. The molecule has 3 rings (SSSR count). The lowest BCUT2D eigenvalue weighted by Gasteiger charge is -2.52. The molecule has 2 fully saturated rings. The maximum Gasteiger partial charge on any atom is 0.124 e. The molecule has 0 aromatic heterocycles. The smallest absolute Gasteiger partial charge is 0.124 e. The minimum Gasteiger partial charge on any atom is -0.393 e. The Morgan fingerprint density at radius 3 is 1.67 bits per heavy atom. The first-order chi connectivity index (χ1) is 10.4. The first-order valence-corrected chi connectivity index (χ1v) is 8.54. The third-order valence-corrected chi connectivity index (χ3v) is 5.21. The number of piperidine rings is 2. The van der Waals surface area contributed by atoms with Crippen LogP contribution in [0.5, 0.6) is 0 Å². The predicted molar refractivity (Wildman–Crippen MR) is 86.1 cm³/mol. The average Bonchev–Trinajstić information content (AvgIpc) is 2.59. The largest absolute Gasteiger partial charge is 0.393 e. The molecule has 0 atom stereocenters. The molecule has 1 N–H and O–H groups in total. The zero-order chi connectivity index (χ0) is 14.5. The van der Waals surface area contributed by atoms with Crippen LogP contribution in [-0.4, -0.2) is 47.7 Å². The molecule has 2 aliphatic rings. The minimum absolute atomic E-state index is 0.191. The monoisotopic (exact) mass is 288 g/mol. The van der Waals surface area contributed by atoms with Crippen LogP contribution in [0.3, 0.4) is 0 Å². The SMILES string of the molecule is OCC(c1ccccc1)(N1CCCCC1)N1CCCCC1. The fourth-order valence-electron chi connectivity index (χ4n) is 4.09. The highest BCUT2D eigenvalue weighted by Crippen LogP contribution is 2.36. The Morgan fingerprint density at radius 1 is 0.762 bits per heavy atom. The summed E-state index contributed by atoms with van der Waals surface area (Å²) in [6, 6.07) is 10.7. The van der Waals surface area contributed by atoms with Crippen LogP contribution < -0.4 is 0 Å². The Labute approximate surface area is 128 Å². The zero-order valence-electron chi connectivity index (χ0n) is 13.0. The Hall–Kier alpha value is -0.900.